The van der Waals surface area contributed by atoms with E-state index in [1.165, 1.54) is 0 Å². The molecule has 0 aliphatic heterocycles. The van der Waals surface area contributed by atoms with Gasteiger partial charge in [-0.2, -0.15) is 10.1 Å². The molecule has 0 atom stereocenters. The predicted molar refractivity (Wildman–Crippen MR) is 115 cm³/mol. The van der Waals surface area contributed by atoms with Crippen molar-refractivity contribution < 1.29 is 9.32 Å². The van der Waals surface area contributed by atoms with Crippen LogP contribution in [-0.4, -0.2) is 35.8 Å². The zero-order valence-corrected chi connectivity index (χ0v) is 18.1. The van der Waals surface area contributed by atoms with Crippen molar-refractivity contribution in [2.24, 2.45) is 0 Å². The summed E-state index contributed by atoms with van der Waals surface area (Å²) in [6, 6.07) is 9.26. The number of anilines is 1. The standard InChI is InChI=1S/C22H23N7O2/c1-12-10-13(2)24-22(23-12)29-15(4)18(14(3)27-29)11-20(30)26-19-9-7-6-8-17(19)21-25-16(5)31-28-21/h6-10H,11H2,1-5H3,(H,26,30). The molecule has 9 heteroatoms. The number of nitrogens with one attached hydrogen (secondary N) is 1. The first-order valence-electron chi connectivity index (χ1n) is 9.89. The van der Waals surface area contributed by atoms with Gasteiger partial charge in [-0.05, 0) is 45.9 Å². The number of carbonyl (C=O) groups is 1. The number of aryl methyl sites for hydroxylation is 4. The summed E-state index contributed by atoms with van der Waals surface area (Å²) in [5.74, 6) is 1.23. The molecule has 0 bridgehead atoms. The maximum Gasteiger partial charge on any atom is 0.251 e. The normalized spacial score (nSPS) is 11.0. The molecule has 31 heavy (non-hydrogen) atoms. The molecule has 1 amide bonds. The fraction of sp³-hybridized carbons (Fsp3) is 0.273. The molecule has 158 valence electrons. The average molecular weight is 417 g/mol. The molecular weight excluding hydrogens is 394 g/mol. The van der Waals surface area contributed by atoms with Crippen molar-refractivity contribution in [1.29, 1.82) is 0 Å². The SMILES string of the molecule is Cc1cc(C)nc(-n2nc(C)c(CC(=O)Nc3ccccc3-c3noc(C)n3)c2C)n1. The largest absolute Gasteiger partial charge is 0.339 e. The Labute approximate surface area is 179 Å². The minimum Gasteiger partial charge on any atom is -0.339 e. The number of hydrogen-bond donors (Lipinski definition) is 1. The fourth-order valence-corrected chi connectivity index (χ4v) is 3.48. The molecule has 3 aromatic heterocycles. The van der Waals surface area contributed by atoms with Crippen LogP contribution in [0, 0.1) is 34.6 Å². The van der Waals surface area contributed by atoms with E-state index >= 15 is 0 Å². The molecule has 1 N–H and O–H groups in total. The molecule has 1 aromatic carbocycles. The number of benzene rings is 1. The van der Waals surface area contributed by atoms with Crippen LogP contribution >= 0.6 is 0 Å². The second-order valence-electron chi connectivity index (χ2n) is 7.42. The highest BCUT2D eigenvalue weighted by molar-refractivity contribution is 5.96. The summed E-state index contributed by atoms with van der Waals surface area (Å²) in [5, 5.41) is 11.5. The van der Waals surface area contributed by atoms with Gasteiger partial charge in [-0.3, -0.25) is 4.79 Å². The maximum absolute atomic E-state index is 12.9. The highest BCUT2D eigenvalue weighted by atomic mass is 16.5. The number of rotatable bonds is 5. The van der Waals surface area contributed by atoms with Crippen LogP contribution in [0.1, 0.15) is 34.2 Å². The Morgan fingerprint density at radius 2 is 1.74 bits per heavy atom. The van der Waals surface area contributed by atoms with E-state index < -0.39 is 0 Å². The van der Waals surface area contributed by atoms with Gasteiger partial charge in [0.25, 0.3) is 5.95 Å². The first kappa shape index (κ1) is 20.4. The van der Waals surface area contributed by atoms with Crippen LogP contribution in [0.25, 0.3) is 17.3 Å². The number of amides is 1. The van der Waals surface area contributed by atoms with Crippen molar-refractivity contribution in [3.05, 3.63) is 64.6 Å². The Morgan fingerprint density at radius 3 is 2.42 bits per heavy atom. The third kappa shape index (κ3) is 4.20. The van der Waals surface area contributed by atoms with Crippen molar-refractivity contribution in [3.8, 4) is 17.3 Å². The van der Waals surface area contributed by atoms with Crippen molar-refractivity contribution in [2.45, 2.75) is 41.0 Å². The second kappa shape index (κ2) is 8.10. The van der Waals surface area contributed by atoms with Gasteiger partial charge in [0.05, 0.1) is 17.8 Å². The van der Waals surface area contributed by atoms with Gasteiger partial charge in [-0.1, -0.05) is 17.3 Å². The Morgan fingerprint density at radius 1 is 1.03 bits per heavy atom. The van der Waals surface area contributed by atoms with Gasteiger partial charge in [0.15, 0.2) is 0 Å². The quantitative estimate of drug-likeness (QED) is 0.529. The Kier molecular flexibility index (Phi) is 5.33. The summed E-state index contributed by atoms with van der Waals surface area (Å²) in [5.41, 5.74) is 5.48. The van der Waals surface area contributed by atoms with Crippen LogP contribution in [0.4, 0.5) is 5.69 Å². The minimum absolute atomic E-state index is 0.167. The predicted octanol–water partition coefficient (Wildman–Crippen LogP) is 3.44. The van der Waals surface area contributed by atoms with E-state index in [-0.39, 0.29) is 12.3 Å². The van der Waals surface area contributed by atoms with Crippen molar-refractivity contribution >= 4 is 11.6 Å². The summed E-state index contributed by atoms with van der Waals surface area (Å²) >= 11 is 0. The van der Waals surface area contributed by atoms with E-state index in [4.69, 9.17) is 4.52 Å². The van der Waals surface area contributed by atoms with Gasteiger partial charge in [-0.25, -0.2) is 14.6 Å². The Balaban J connectivity index is 1.59. The lowest BCUT2D eigenvalue weighted by Gasteiger charge is -2.09. The lowest BCUT2D eigenvalue weighted by atomic mass is 10.1. The van der Waals surface area contributed by atoms with E-state index in [1.54, 1.807) is 11.6 Å². The average Bonchev–Trinajstić information content (AvgIpc) is 3.26. The van der Waals surface area contributed by atoms with E-state index in [0.29, 0.717) is 28.9 Å². The molecule has 4 aromatic rings. The molecule has 0 saturated carbocycles. The zero-order valence-electron chi connectivity index (χ0n) is 18.1. The van der Waals surface area contributed by atoms with Gasteiger partial charge in [0, 0.05) is 35.1 Å². The van der Waals surface area contributed by atoms with Crippen LogP contribution in [0.3, 0.4) is 0 Å². The molecule has 4 rings (SSSR count). The smallest absolute Gasteiger partial charge is 0.251 e. The van der Waals surface area contributed by atoms with E-state index in [9.17, 15) is 4.79 Å². The number of hydrogen-bond acceptors (Lipinski definition) is 7. The Bertz CT molecular complexity index is 1250. The molecule has 0 fully saturated rings. The van der Waals surface area contributed by atoms with Crippen molar-refractivity contribution in [2.75, 3.05) is 5.32 Å². The summed E-state index contributed by atoms with van der Waals surface area (Å²) in [4.78, 5) is 26.1. The zero-order chi connectivity index (χ0) is 22.1. The lowest BCUT2D eigenvalue weighted by Crippen LogP contribution is -2.16. The van der Waals surface area contributed by atoms with Crippen LogP contribution in [0.2, 0.25) is 0 Å². The van der Waals surface area contributed by atoms with E-state index in [2.05, 4.69) is 30.5 Å². The fourth-order valence-electron chi connectivity index (χ4n) is 3.48. The van der Waals surface area contributed by atoms with Crippen LogP contribution in [0.5, 0.6) is 0 Å². The first-order chi connectivity index (χ1) is 14.8. The van der Waals surface area contributed by atoms with E-state index in [1.807, 2.05) is 58.0 Å². The molecule has 0 aliphatic carbocycles. The summed E-state index contributed by atoms with van der Waals surface area (Å²) in [7, 11) is 0. The van der Waals surface area contributed by atoms with Gasteiger partial charge < -0.3 is 9.84 Å². The van der Waals surface area contributed by atoms with Crippen LogP contribution in [-0.2, 0) is 11.2 Å². The molecule has 0 saturated heterocycles. The summed E-state index contributed by atoms with van der Waals surface area (Å²) in [6.07, 6.45) is 0.169. The first-order valence-corrected chi connectivity index (χ1v) is 9.89. The lowest BCUT2D eigenvalue weighted by molar-refractivity contribution is -0.115. The molecule has 0 spiro atoms. The molecule has 3 heterocycles. The van der Waals surface area contributed by atoms with Crippen LogP contribution < -0.4 is 5.32 Å². The van der Waals surface area contributed by atoms with Gasteiger partial charge in [-0.15, -0.1) is 0 Å². The second-order valence-corrected chi connectivity index (χ2v) is 7.42. The summed E-state index contributed by atoms with van der Waals surface area (Å²) < 4.78 is 6.76. The number of aromatic nitrogens is 6. The number of para-hydroxylation sites is 1. The number of nitrogens with zero attached hydrogens (tertiary/aromatic N) is 6. The molecular formula is C22H23N7O2. The third-order valence-electron chi connectivity index (χ3n) is 4.91. The van der Waals surface area contributed by atoms with Gasteiger partial charge in [0.2, 0.25) is 17.6 Å². The third-order valence-corrected chi connectivity index (χ3v) is 4.91. The van der Waals surface area contributed by atoms with Gasteiger partial charge in [0.1, 0.15) is 0 Å². The number of carbonyl (C=O) groups excluding carboxylic acids is 1. The highest BCUT2D eigenvalue weighted by Crippen LogP contribution is 2.26. The molecule has 0 radical (unpaired) electrons. The molecule has 0 unspecified atom stereocenters. The van der Waals surface area contributed by atoms with Gasteiger partial charge >= 0.3 is 0 Å². The maximum atomic E-state index is 12.9. The monoisotopic (exact) mass is 417 g/mol. The topological polar surface area (TPSA) is 112 Å². The van der Waals surface area contributed by atoms with Crippen LogP contribution in [0.15, 0.2) is 34.9 Å². The minimum atomic E-state index is -0.167. The molecule has 9 nitrogen and oxygen atoms in total. The van der Waals surface area contributed by atoms with Crippen molar-refractivity contribution in [3.63, 3.8) is 0 Å². The highest BCUT2D eigenvalue weighted by Gasteiger charge is 2.19. The van der Waals surface area contributed by atoms with Crippen molar-refractivity contribution in [1.82, 2.24) is 29.9 Å². The molecule has 0 aliphatic rings. The van der Waals surface area contributed by atoms with E-state index in [0.717, 1.165) is 28.3 Å². The Hall–Kier alpha value is -3.88. The summed E-state index contributed by atoms with van der Waals surface area (Å²) in [6.45, 7) is 9.35.